The van der Waals surface area contributed by atoms with Gasteiger partial charge in [0.1, 0.15) is 12.2 Å². The zero-order valence-corrected chi connectivity index (χ0v) is 18.3. The van der Waals surface area contributed by atoms with Gasteiger partial charge in [-0.25, -0.2) is 14.9 Å². The van der Waals surface area contributed by atoms with Gasteiger partial charge in [0.25, 0.3) is 0 Å². The van der Waals surface area contributed by atoms with E-state index in [9.17, 15) is 14.8 Å². The minimum atomic E-state index is -1.37. The van der Waals surface area contributed by atoms with Crippen molar-refractivity contribution in [1.29, 1.82) is 0 Å². The molecule has 0 saturated carbocycles. The molecule has 3 heterocycles. The Morgan fingerprint density at radius 2 is 2.06 bits per heavy atom. The van der Waals surface area contributed by atoms with Crippen molar-refractivity contribution in [2.75, 3.05) is 18.6 Å². The predicted octanol–water partition coefficient (Wildman–Crippen LogP) is 4.51. The van der Waals surface area contributed by atoms with Crippen LogP contribution < -0.4 is 5.43 Å². The maximum atomic E-state index is 13.3. The normalized spacial score (nSPS) is 13.0. The summed E-state index contributed by atoms with van der Waals surface area (Å²) in [6.07, 6.45) is 2.40. The highest BCUT2D eigenvalue weighted by molar-refractivity contribution is 7.12. The summed E-state index contributed by atoms with van der Waals surface area (Å²) >= 11 is 1.34. The fourth-order valence-corrected chi connectivity index (χ4v) is 3.93. The highest BCUT2D eigenvalue weighted by atomic mass is 32.1. The molecule has 1 N–H and O–H groups in total. The number of aromatic nitrogens is 3. The lowest BCUT2D eigenvalue weighted by Gasteiger charge is -2.36. The first-order valence-corrected chi connectivity index (χ1v) is 10.9. The molecule has 0 aliphatic heterocycles. The lowest BCUT2D eigenvalue weighted by Crippen LogP contribution is -2.52. The molecule has 9 nitrogen and oxygen atoms in total. The van der Waals surface area contributed by atoms with E-state index < -0.39 is 10.8 Å². The lowest BCUT2D eigenvalue weighted by molar-refractivity contribution is -0.782. The molecule has 0 radical (unpaired) electrons. The molecule has 4 rings (SSSR count). The number of hydrogen-bond acceptors (Lipinski definition) is 8. The van der Waals surface area contributed by atoms with Crippen LogP contribution in [0.5, 0.6) is 0 Å². The van der Waals surface area contributed by atoms with E-state index >= 15 is 0 Å². The van der Waals surface area contributed by atoms with E-state index in [1.165, 1.54) is 11.3 Å². The molecule has 1 atom stereocenters. The number of fused-ring (bicyclic) bond motifs is 1. The number of nitrogens with zero attached hydrogens (tertiary/aromatic N) is 4. The first-order chi connectivity index (χ1) is 15.5. The molecule has 0 aliphatic rings. The number of hydrogen-bond donors (Lipinski definition) is 1. The highest BCUT2D eigenvalue weighted by Crippen LogP contribution is 2.30. The van der Waals surface area contributed by atoms with Gasteiger partial charge < -0.3 is 9.94 Å². The molecule has 1 amide bonds. The second kappa shape index (κ2) is 8.87. The van der Waals surface area contributed by atoms with Gasteiger partial charge in [-0.1, -0.05) is 18.2 Å². The summed E-state index contributed by atoms with van der Waals surface area (Å²) in [7, 11) is 0. The van der Waals surface area contributed by atoms with Crippen molar-refractivity contribution in [3.8, 4) is 11.3 Å². The monoisotopic (exact) mass is 451 g/mol. The third-order valence-corrected chi connectivity index (χ3v) is 5.69. The quantitative estimate of drug-likeness (QED) is 0.250. The molecule has 4 aromatic rings. The second-order valence-corrected chi connectivity index (χ2v) is 7.81. The number of hydroxylamine groups is 2. The molecule has 0 spiro atoms. The van der Waals surface area contributed by atoms with Crippen molar-refractivity contribution in [3.05, 3.63) is 75.9 Å². The van der Waals surface area contributed by atoms with Crippen LogP contribution in [0.15, 0.2) is 60.2 Å². The molecule has 32 heavy (non-hydrogen) atoms. The second-order valence-electron chi connectivity index (χ2n) is 6.87. The van der Waals surface area contributed by atoms with Gasteiger partial charge in [-0.2, -0.15) is 14.6 Å². The summed E-state index contributed by atoms with van der Waals surface area (Å²) in [5.74, 6) is -0.184. The summed E-state index contributed by atoms with van der Waals surface area (Å²) in [4.78, 5) is 30.4. The van der Waals surface area contributed by atoms with Crippen LogP contribution >= 0.6 is 11.3 Å². The Labute approximate surface area is 188 Å². The topological polar surface area (TPSA) is 109 Å². The zero-order valence-electron chi connectivity index (χ0n) is 17.5. The molecular formula is C22H21N5O4S. The SMILES string of the molecule is CCOC(=O)[N+]([O-])(CC)Nc1cccc(-c2nn3cccnc3c2C(=O)c2cccs2)c1. The number of amides is 1. The van der Waals surface area contributed by atoms with E-state index in [0.29, 0.717) is 33.0 Å². The molecule has 0 saturated heterocycles. The standard InChI is InChI=1S/C22H21N5O4S/c1-3-27(30,22(29)31-4-2)25-16-9-5-8-15(14-16)19-18(20(28)17-10-6-13-32-17)21-23-11-7-12-26(21)24-19/h5-14,25H,3-4H2,1-2H3. The molecule has 10 heteroatoms. The van der Waals surface area contributed by atoms with Crippen LogP contribution in [0, 0.1) is 5.21 Å². The number of benzene rings is 1. The number of quaternary nitrogens is 1. The van der Waals surface area contributed by atoms with E-state index in [1.54, 1.807) is 67.2 Å². The molecule has 0 aliphatic carbocycles. The van der Waals surface area contributed by atoms with Crippen molar-refractivity contribution >= 4 is 34.5 Å². The van der Waals surface area contributed by atoms with Gasteiger partial charge in [-0.05, 0) is 43.5 Å². The average molecular weight is 452 g/mol. The number of rotatable bonds is 7. The van der Waals surface area contributed by atoms with Crippen molar-refractivity contribution in [3.63, 3.8) is 0 Å². The summed E-state index contributed by atoms with van der Waals surface area (Å²) in [5, 5.41) is 19.3. The Kier molecular flexibility index (Phi) is 5.99. The maximum absolute atomic E-state index is 13.3. The van der Waals surface area contributed by atoms with Gasteiger partial charge in [-0.3, -0.25) is 4.79 Å². The van der Waals surface area contributed by atoms with Crippen LogP contribution in [-0.4, -0.2) is 44.4 Å². The fraction of sp³-hybridized carbons (Fsp3) is 0.182. The Hall–Kier alpha value is -3.60. The number of thiophene rings is 1. The van der Waals surface area contributed by atoms with Crippen molar-refractivity contribution in [2.45, 2.75) is 13.8 Å². The van der Waals surface area contributed by atoms with E-state index in [-0.39, 0.29) is 18.9 Å². The summed E-state index contributed by atoms with van der Waals surface area (Å²) < 4.78 is 5.09. The van der Waals surface area contributed by atoms with Crippen molar-refractivity contribution < 1.29 is 19.1 Å². The number of nitrogens with one attached hydrogen (secondary N) is 1. The minimum Gasteiger partial charge on any atom is -0.596 e. The molecular weight excluding hydrogens is 430 g/mol. The predicted molar refractivity (Wildman–Crippen MR) is 121 cm³/mol. The number of ketones is 1. The van der Waals surface area contributed by atoms with Crippen LogP contribution in [0.25, 0.3) is 16.9 Å². The average Bonchev–Trinajstić information content (AvgIpc) is 3.47. The van der Waals surface area contributed by atoms with Crippen LogP contribution in [0.2, 0.25) is 0 Å². The van der Waals surface area contributed by atoms with E-state index in [2.05, 4.69) is 15.5 Å². The van der Waals surface area contributed by atoms with Gasteiger partial charge in [-0.15, -0.1) is 11.3 Å². The first kappa shape index (κ1) is 21.6. The van der Waals surface area contributed by atoms with Crippen molar-refractivity contribution in [1.82, 2.24) is 14.6 Å². The van der Waals surface area contributed by atoms with E-state index in [4.69, 9.17) is 4.74 Å². The third kappa shape index (κ3) is 3.98. The molecule has 1 unspecified atom stereocenters. The number of anilines is 1. The third-order valence-electron chi connectivity index (χ3n) is 4.82. The molecule has 3 aromatic heterocycles. The smallest absolute Gasteiger partial charge is 0.541 e. The Morgan fingerprint density at radius 3 is 2.78 bits per heavy atom. The number of carbonyl (C=O) groups is 2. The summed E-state index contributed by atoms with van der Waals surface area (Å²) in [6, 6.07) is 12.1. The fourth-order valence-electron chi connectivity index (χ4n) is 3.26. The lowest BCUT2D eigenvalue weighted by atomic mass is 10.0. The van der Waals surface area contributed by atoms with Gasteiger partial charge in [0.05, 0.1) is 22.7 Å². The van der Waals surface area contributed by atoms with Crippen molar-refractivity contribution in [2.24, 2.45) is 0 Å². The molecule has 0 bridgehead atoms. The first-order valence-electron chi connectivity index (χ1n) is 10.0. The zero-order chi connectivity index (χ0) is 22.7. The largest absolute Gasteiger partial charge is 0.596 e. The van der Waals surface area contributed by atoms with Crippen LogP contribution in [0.1, 0.15) is 29.1 Å². The number of ether oxygens (including phenoxy) is 1. The van der Waals surface area contributed by atoms with E-state index in [1.807, 2.05) is 11.4 Å². The van der Waals surface area contributed by atoms with E-state index in [0.717, 1.165) is 0 Å². The molecule has 0 fully saturated rings. The van der Waals surface area contributed by atoms with Gasteiger partial charge in [0, 0.05) is 18.0 Å². The number of carbonyl (C=O) groups excluding carboxylic acids is 2. The Bertz CT molecular complexity index is 1270. The summed E-state index contributed by atoms with van der Waals surface area (Å²) in [5.41, 5.74) is 4.92. The van der Waals surface area contributed by atoms with Crippen LogP contribution in [0.4, 0.5) is 10.5 Å². The summed E-state index contributed by atoms with van der Waals surface area (Å²) in [6.45, 7) is 3.27. The van der Waals surface area contributed by atoms with Gasteiger partial charge in [0.2, 0.25) is 5.78 Å². The molecule has 164 valence electrons. The van der Waals surface area contributed by atoms with Gasteiger partial charge in [0.15, 0.2) is 5.65 Å². The molecule has 1 aromatic carbocycles. The maximum Gasteiger partial charge on any atom is 0.541 e. The highest BCUT2D eigenvalue weighted by Gasteiger charge is 2.29. The van der Waals surface area contributed by atoms with Crippen LogP contribution in [0.3, 0.4) is 0 Å². The van der Waals surface area contributed by atoms with Gasteiger partial charge >= 0.3 is 6.09 Å². The minimum absolute atomic E-state index is 0.0660. The van der Waals surface area contributed by atoms with Crippen LogP contribution in [-0.2, 0) is 4.74 Å². The Balaban J connectivity index is 1.78. The Morgan fingerprint density at radius 1 is 1.22 bits per heavy atom.